The van der Waals surface area contributed by atoms with E-state index in [9.17, 15) is 9.90 Å². The first-order valence-corrected chi connectivity index (χ1v) is 6.68. The van der Waals surface area contributed by atoms with Crippen LogP contribution in [0.25, 0.3) is 0 Å². The molecule has 0 aromatic heterocycles. The molecule has 2 unspecified atom stereocenters. The number of halogens is 1. The van der Waals surface area contributed by atoms with Crippen molar-refractivity contribution in [3.05, 3.63) is 34.3 Å². The number of hydrogen-bond donors (Lipinski definition) is 2. The normalized spacial score (nSPS) is 27.2. The minimum atomic E-state index is -0.957. The second kappa shape index (κ2) is 5.38. The highest BCUT2D eigenvalue weighted by molar-refractivity contribution is 9.10. The van der Waals surface area contributed by atoms with Crippen LogP contribution < -0.4 is 5.32 Å². The molecule has 0 aliphatic carbocycles. The number of carbonyl (C=O) groups excluding carboxylic acids is 1. The predicted molar refractivity (Wildman–Crippen MR) is 71.5 cm³/mol. The van der Waals surface area contributed by atoms with Gasteiger partial charge in [-0.2, -0.15) is 0 Å². The van der Waals surface area contributed by atoms with E-state index < -0.39 is 5.60 Å². The number of aliphatic hydroxyl groups is 1. The van der Waals surface area contributed by atoms with Gasteiger partial charge in [-0.1, -0.05) is 22.0 Å². The second-order valence-electron chi connectivity index (χ2n) is 4.56. The van der Waals surface area contributed by atoms with Gasteiger partial charge in [0, 0.05) is 29.6 Å². The van der Waals surface area contributed by atoms with Gasteiger partial charge in [-0.3, -0.25) is 4.79 Å². The monoisotopic (exact) mass is 313 g/mol. The highest BCUT2D eigenvalue weighted by Crippen LogP contribution is 2.24. The van der Waals surface area contributed by atoms with Gasteiger partial charge in [0.25, 0.3) is 5.91 Å². The summed E-state index contributed by atoms with van der Waals surface area (Å²) >= 11 is 3.32. The van der Waals surface area contributed by atoms with E-state index in [-0.39, 0.29) is 18.6 Å². The fourth-order valence-electron chi connectivity index (χ4n) is 1.97. The second-order valence-corrected chi connectivity index (χ2v) is 5.48. The summed E-state index contributed by atoms with van der Waals surface area (Å²) in [5.74, 6) is -0.191. The van der Waals surface area contributed by atoms with Crippen LogP contribution in [0.2, 0.25) is 0 Å². The Labute approximate surface area is 114 Å². The lowest BCUT2D eigenvalue weighted by Crippen LogP contribution is -2.47. The Morgan fingerprint density at radius 2 is 2.44 bits per heavy atom. The van der Waals surface area contributed by atoms with Crippen LogP contribution in [0, 0.1) is 0 Å². The summed E-state index contributed by atoms with van der Waals surface area (Å²) in [5.41, 5.74) is -0.388. The van der Waals surface area contributed by atoms with Crippen LogP contribution in [-0.4, -0.2) is 35.9 Å². The van der Waals surface area contributed by atoms with Gasteiger partial charge in [0.05, 0.1) is 6.10 Å². The molecule has 1 amide bonds. The Balaban J connectivity index is 1.96. The van der Waals surface area contributed by atoms with E-state index in [4.69, 9.17) is 4.74 Å². The van der Waals surface area contributed by atoms with Gasteiger partial charge in [0.15, 0.2) is 0 Å². The van der Waals surface area contributed by atoms with Crippen molar-refractivity contribution in [3.8, 4) is 0 Å². The van der Waals surface area contributed by atoms with Crippen LogP contribution in [0.15, 0.2) is 28.7 Å². The highest BCUT2D eigenvalue weighted by atomic mass is 79.9. The predicted octanol–water partition coefficient (Wildman–Crippen LogP) is 1.72. The summed E-state index contributed by atoms with van der Waals surface area (Å²) in [7, 11) is 0. The van der Waals surface area contributed by atoms with Gasteiger partial charge >= 0.3 is 0 Å². The lowest BCUT2D eigenvalue weighted by atomic mass is 9.96. The third-order valence-electron chi connectivity index (χ3n) is 3.30. The quantitative estimate of drug-likeness (QED) is 0.893. The van der Waals surface area contributed by atoms with Crippen molar-refractivity contribution in [1.82, 2.24) is 5.32 Å². The summed E-state index contributed by atoms with van der Waals surface area (Å²) in [6.07, 6.45) is 0.299. The zero-order valence-electron chi connectivity index (χ0n) is 10.1. The average Bonchev–Trinajstić information content (AvgIpc) is 2.67. The van der Waals surface area contributed by atoms with Gasteiger partial charge in [0.1, 0.15) is 5.60 Å². The van der Waals surface area contributed by atoms with Crippen molar-refractivity contribution in [1.29, 1.82) is 0 Å². The van der Waals surface area contributed by atoms with E-state index in [2.05, 4.69) is 21.2 Å². The maximum absolute atomic E-state index is 11.9. The summed E-state index contributed by atoms with van der Waals surface area (Å²) in [5, 5.41) is 13.0. The molecular weight excluding hydrogens is 298 g/mol. The molecule has 1 fully saturated rings. The molecule has 0 radical (unpaired) electrons. The molecule has 98 valence electrons. The van der Waals surface area contributed by atoms with E-state index in [0.29, 0.717) is 18.6 Å². The number of hydrogen-bond acceptors (Lipinski definition) is 3. The van der Waals surface area contributed by atoms with Crippen LogP contribution in [0.3, 0.4) is 0 Å². The number of nitrogens with one attached hydrogen (secondary N) is 1. The Bertz CT molecular complexity index is 452. The zero-order chi connectivity index (χ0) is 13.2. The third-order valence-corrected chi connectivity index (χ3v) is 3.79. The van der Waals surface area contributed by atoms with Crippen molar-refractivity contribution in [2.24, 2.45) is 0 Å². The van der Waals surface area contributed by atoms with Crippen molar-refractivity contribution < 1.29 is 14.6 Å². The van der Waals surface area contributed by atoms with E-state index in [1.54, 1.807) is 18.2 Å². The third kappa shape index (κ3) is 2.91. The van der Waals surface area contributed by atoms with Crippen LogP contribution in [0.4, 0.5) is 0 Å². The van der Waals surface area contributed by atoms with Crippen LogP contribution in [-0.2, 0) is 4.74 Å². The maximum Gasteiger partial charge on any atom is 0.251 e. The molecule has 5 heteroatoms. The van der Waals surface area contributed by atoms with E-state index >= 15 is 0 Å². The largest absolute Gasteiger partial charge is 0.385 e. The molecule has 18 heavy (non-hydrogen) atoms. The molecule has 0 spiro atoms. The summed E-state index contributed by atoms with van der Waals surface area (Å²) in [6, 6.07) is 7.14. The van der Waals surface area contributed by atoms with Crippen LogP contribution in [0.5, 0.6) is 0 Å². The Morgan fingerprint density at radius 3 is 3.06 bits per heavy atom. The molecule has 2 N–H and O–H groups in total. The highest BCUT2D eigenvalue weighted by Gasteiger charge is 2.39. The molecule has 0 bridgehead atoms. The number of carbonyl (C=O) groups is 1. The fraction of sp³-hybridized carbons (Fsp3) is 0.462. The number of rotatable bonds is 3. The lowest BCUT2D eigenvalue weighted by Gasteiger charge is -2.26. The van der Waals surface area contributed by atoms with Gasteiger partial charge < -0.3 is 15.2 Å². The Morgan fingerprint density at radius 1 is 1.67 bits per heavy atom. The smallest absolute Gasteiger partial charge is 0.251 e. The topological polar surface area (TPSA) is 58.6 Å². The van der Waals surface area contributed by atoms with E-state index in [1.165, 1.54) is 0 Å². The molecule has 1 aliphatic heterocycles. The lowest BCUT2D eigenvalue weighted by molar-refractivity contribution is -0.0251. The molecule has 2 atom stereocenters. The first kappa shape index (κ1) is 13.5. The standard InChI is InChI=1S/C13H16BrNO3/c1-9-13(17,5-6-18-9)8-15-12(16)10-3-2-4-11(14)7-10/h2-4,7,9,17H,5-6,8H2,1H3,(H,15,16). The molecule has 2 rings (SSSR count). The number of amides is 1. The van der Waals surface area contributed by atoms with Crippen molar-refractivity contribution >= 4 is 21.8 Å². The molecule has 1 aromatic carbocycles. The number of ether oxygens (including phenoxy) is 1. The van der Waals surface area contributed by atoms with Gasteiger partial charge in [-0.05, 0) is 25.1 Å². The Kier molecular flexibility index (Phi) is 4.04. The first-order valence-electron chi connectivity index (χ1n) is 5.89. The maximum atomic E-state index is 11.9. The van der Waals surface area contributed by atoms with Crippen LogP contribution >= 0.6 is 15.9 Å². The SMILES string of the molecule is CC1OCCC1(O)CNC(=O)c1cccc(Br)c1. The molecule has 1 aromatic rings. The van der Waals surface area contributed by atoms with Gasteiger partial charge in [-0.15, -0.1) is 0 Å². The average molecular weight is 314 g/mol. The van der Waals surface area contributed by atoms with Gasteiger partial charge in [-0.25, -0.2) is 0 Å². The minimum Gasteiger partial charge on any atom is -0.385 e. The molecule has 4 nitrogen and oxygen atoms in total. The summed E-state index contributed by atoms with van der Waals surface area (Å²) in [4.78, 5) is 11.9. The van der Waals surface area contributed by atoms with Crippen molar-refractivity contribution in [2.45, 2.75) is 25.0 Å². The van der Waals surface area contributed by atoms with Crippen molar-refractivity contribution in [2.75, 3.05) is 13.2 Å². The zero-order valence-corrected chi connectivity index (χ0v) is 11.7. The van der Waals surface area contributed by atoms with Gasteiger partial charge in [0.2, 0.25) is 0 Å². The number of benzene rings is 1. The summed E-state index contributed by atoms with van der Waals surface area (Å²) in [6.45, 7) is 2.56. The summed E-state index contributed by atoms with van der Waals surface area (Å²) < 4.78 is 6.17. The van der Waals surface area contributed by atoms with Crippen molar-refractivity contribution in [3.63, 3.8) is 0 Å². The molecule has 1 heterocycles. The molecule has 1 saturated heterocycles. The first-order chi connectivity index (χ1) is 8.51. The molecular formula is C13H16BrNO3. The molecule has 1 aliphatic rings. The fourth-order valence-corrected chi connectivity index (χ4v) is 2.37. The van der Waals surface area contributed by atoms with Crippen LogP contribution in [0.1, 0.15) is 23.7 Å². The van der Waals surface area contributed by atoms with E-state index in [0.717, 1.165) is 4.47 Å². The molecule has 0 saturated carbocycles. The minimum absolute atomic E-state index is 0.191. The van der Waals surface area contributed by atoms with E-state index in [1.807, 2.05) is 13.0 Å². The Hall–Kier alpha value is -0.910.